The molecule has 0 radical (unpaired) electrons. The lowest BCUT2D eigenvalue weighted by molar-refractivity contribution is 0.211. The van der Waals surface area contributed by atoms with Crippen molar-refractivity contribution in [3.8, 4) is 0 Å². The van der Waals surface area contributed by atoms with Crippen LogP contribution in [0.5, 0.6) is 0 Å². The maximum atomic E-state index is 12.7. The lowest BCUT2D eigenvalue weighted by atomic mass is 10.2. The zero-order chi connectivity index (χ0) is 18.6. The zero-order valence-corrected chi connectivity index (χ0v) is 15.5. The fourth-order valence-electron chi connectivity index (χ4n) is 3.50. The van der Waals surface area contributed by atoms with Gasteiger partial charge in [-0.25, -0.2) is 4.79 Å². The minimum Gasteiger partial charge on any atom is -0.323 e. The topological polar surface area (TPSA) is 66.3 Å². The third-order valence-corrected chi connectivity index (χ3v) is 5.03. The number of aryl methyl sites for hydroxylation is 1. The third-order valence-electron chi connectivity index (χ3n) is 5.03. The average molecular weight is 364 g/mol. The quantitative estimate of drug-likeness (QED) is 0.776. The van der Waals surface area contributed by atoms with Crippen LogP contribution in [0.3, 0.4) is 0 Å². The molecule has 2 aromatic heterocycles. The molecule has 3 heterocycles. The fraction of sp³-hybridized carbons (Fsp3) is 0.350. The standard InChI is InChI=1S/C20H24N6O/c1-24-19-13-18(4-3-17(19)14-22-24)23-20(27)26-10-2-9-25(11-12-26)15-16-5-7-21-8-6-16/h3-8,13-14H,2,9-12,15H2,1H3,(H,23,27). The highest BCUT2D eigenvalue weighted by Gasteiger charge is 2.19. The molecule has 0 atom stereocenters. The van der Waals surface area contributed by atoms with Gasteiger partial charge >= 0.3 is 6.03 Å². The maximum Gasteiger partial charge on any atom is 0.321 e. The summed E-state index contributed by atoms with van der Waals surface area (Å²) in [6.07, 6.45) is 6.45. The van der Waals surface area contributed by atoms with Crippen molar-refractivity contribution in [1.29, 1.82) is 0 Å². The smallest absolute Gasteiger partial charge is 0.321 e. The van der Waals surface area contributed by atoms with Gasteiger partial charge in [-0.1, -0.05) is 0 Å². The highest BCUT2D eigenvalue weighted by molar-refractivity contribution is 5.92. The fourth-order valence-corrected chi connectivity index (χ4v) is 3.50. The second-order valence-corrected chi connectivity index (χ2v) is 6.94. The molecule has 27 heavy (non-hydrogen) atoms. The van der Waals surface area contributed by atoms with Crippen molar-refractivity contribution in [2.24, 2.45) is 7.05 Å². The molecule has 1 saturated heterocycles. The van der Waals surface area contributed by atoms with Gasteiger partial charge in [0.25, 0.3) is 0 Å². The number of carbonyl (C=O) groups is 1. The second-order valence-electron chi connectivity index (χ2n) is 6.94. The number of aromatic nitrogens is 3. The van der Waals surface area contributed by atoms with E-state index in [1.165, 1.54) is 5.56 Å². The predicted octanol–water partition coefficient (Wildman–Crippen LogP) is 2.71. The van der Waals surface area contributed by atoms with Gasteiger partial charge in [0.1, 0.15) is 0 Å². The lowest BCUT2D eigenvalue weighted by Gasteiger charge is -2.22. The van der Waals surface area contributed by atoms with Crippen molar-refractivity contribution in [3.63, 3.8) is 0 Å². The Bertz CT molecular complexity index is 923. The summed E-state index contributed by atoms with van der Waals surface area (Å²) in [5.41, 5.74) is 3.06. The number of hydrogen-bond acceptors (Lipinski definition) is 4. The summed E-state index contributed by atoms with van der Waals surface area (Å²) in [5.74, 6) is 0. The number of nitrogens with one attached hydrogen (secondary N) is 1. The molecule has 1 N–H and O–H groups in total. The Morgan fingerprint density at radius 2 is 1.96 bits per heavy atom. The van der Waals surface area contributed by atoms with E-state index in [-0.39, 0.29) is 6.03 Å². The SMILES string of the molecule is Cn1ncc2ccc(NC(=O)N3CCCN(Cc4ccncc4)CC3)cc21. The van der Waals surface area contributed by atoms with E-state index in [2.05, 4.69) is 20.3 Å². The summed E-state index contributed by atoms with van der Waals surface area (Å²) >= 11 is 0. The number of benzene rings is 1. The molecule has 2 amide bonds. The van der Waals surface area contributed by atoms with Crippen molar-refractivity contribution in [2.75, 3.05) is 31.5 Å². The van der Waals surface area contributed by atoms with Gasteiger partial charge < -0.3 is 10.2 Å². The molecule has 1 aromatic carbocycles. The van der Waals surface area contributed by atoms with Gasteiger partial charge in [0.05, 0.1) is 11.7 Å². The predicted molar refractivity (Wildman–Crippen MR) is 105 cm³/mol. The molecular formula is C20H24N6O. The second kappa shape index (κ2) is 7.75. The van der Waals surface area contributed by atoms with E-state index in [1.54, 1.807) is 0 Å². The normalized spacial score (nSPS) is 15.7. The first-order valence-corrected chi connectivity index (χ1v) is 9.28. The number of hydrogen-bond donors (Lipinski definition) is 1. The Morgan fingerprint density at radius 1 is 1.11 bits per heavy atom. The van der Waals surface area contributed by atoms with Gasteiger partial charge in [0, 0.05) is 63.2 Å². The maximum absolute atomic E-state index is 12.7. The van der Waals surface area contributed by atoms with Crippen LogP contribution in [0.1, 0.15) is 12.0 Å². The number of carbonyl (C=O) groups excluding carboxylic acids is 1. The first-order valence-electron chi connectivity index (χ1n) is 9.28. The number of pyridine rings is 1. The van der Waals surface area contributed by atoms with E-state index in [0.29, 0.717) is 0 Å². The van der Waals surface area contributed by atoms with E-state index in [1.807, 2.05) is 65.6 Å². The van der Waals surface area contributed by atoms with Crippen molar-refractivity contribution in [1.82, 2.24) is 24.6 Å². The highest BCUT2D eigenvalue weighted by atomic mass is 16.2. The Balaban J connectivity index is 1.36. The van der Waals surface area contributed by atoms with Gasteiger partial charge in [-0.05, 0) is 42.3 Å². The minimum absolute atomic E-state index is 0.0396. The lowest BCUT2D eigenvalue weighted by Crippen LogP contribution is -2.38. The molecule has 1 fully saturated rings. The molecule has 1 aliphatic rings. The molecule has 1 aliphatic heterocycles. The number of anilines is 1. The summed E-state index contributed by atoms with van der Waals surface area (Å²) in [7, 11) is 1.90. The van der Waals surface area contributed by atoms with Crippen LogP contribution in [0.4, 0.5) is 10.5 Å². The number of amides is 2. The largest absolute Gasteiger partial charge is 0.323 e. The molecule has 0 aliphatic carbocycles. The Labute approximate surface area is 158 Å². The van der Waals surface area contributed by atoms with Crippen molar-refractivity contribution < 1.29 is 4.79 Å². The van der Waals surface area contributed by atoms with Gasteiger partial charge in [-0.2, -0.15) is 5.10 Å². The zero-order valence-electron chi connectivity index (χ0n) is 15.5. The van der Waals surface area contributed by atoms with Gasteiger partial charge in [0.2, 0.25) is 0 Å². The van der Waals surface area contributed by atoms with Crippen LogP contribution in [-0.2, 0) is 13.6 Å². The van der Waals surface area contributed by atoms with E-state index >= 15 is 0 Å². The molecule has 0 unspecified atom stereocenters. The van der Waals surface area contributed by atoms with Gasteiger partial charge in [0.15, 0.2) is 0 Å². The summed E-state index contributed by atoms with van der Waals surface area (Å²) < 4.78 is 1.81. The summed E-state index contributed by atoms with van der Waals surface area (Å²) in [4.78, 5) is 21.1. The number of urea groups is 1. The van der Waals surface area contributed by atoms with Crippen molar-refractivity contribution in [2.45, 2.75) is 13.0 Å². The molecule has 7 nitrogen and oxygen atoms in total. The molecule has 3 aromatic rings. The Morgan fingerprint density at radius 3 is 2.81 bits per heavy atom. The van der Waals surface area contributed by atoms with E-state index in [4.69, 9.17) is 0 Å². The van der Waals surface area contributed by atoms with E-state index in [0.717, 1.165) is 55.7 Å². The summed E-state index contributed by atoms with van der Waals surface area (Å²) in [5, 5.41) is 8.34. The molecule has 0 bridgehead atoms. The molecule has 140 valence electrons. The number of fused-ring (bicyclic) bond motifs is 1. The highest BCUT2D eigenvalue weighted by Crippen LogP contribution is 2.19. The average Bonchev–Trinajstić information content (AvgIpc) is 2.89. The monoisotopic (exact) mass is 364 g/mol. The van der Waals surface area contributed by atoms with Crippen LogP contribution >= 0.6 is 0 Å². The molecule has 7 heteroatoms. The van der Waals surface area contributed by atoms with Crippen molar-refractivity contribution in [3.05, 3.63) is 54.5 Å². The van der Waals surface area contributed by atoms with Crippen LogP contribution < -0.4 is 5.32 Å². The minimum atomic E-state index is -0.0396. The Hall–Kier alpha value is -2.93. The molecule has 4 rings (SSSR count). The Kier molecular flexibility index (Phi) is 5.02. The third kappa shape index (κ3) is 4.09. The van der Waals surface area contributed by atoms with Gasteiger partial charge in [-0.3, -0.25) is 14.6 Å². The summed E-state index contributed by atoms with van der Waals surface area (Å²) in [6, 6.07) is 9.93. The first-order chi connectivity index (χ1) is 13.2. The number of nitrogens with zero attached hydrogens (tertiary/aromatic N) is 5. The van der Waals surface area contributed by atoms with Crippen LogP contribution in [0.25, 0.3) is 10.9 Å². The first kappa shape index (κ1) is 17.5. The van der Waals surface area contributed by atoms with E-state index in [9.17, 15) is 4.79 Å². The van der Waals surface area contributed by atoms with Crippen molar-refractivity contribution >= 4 is 22.6 Å². The molecular weight excluding hydrogens is 340 g/mol. The molecule has 0 spiro atoms. The van der Waals surface area contributed by atoms with Crippen LogP contribution in [0.15, 0.2) is 48.9 Å². The van der Waals surface area contributed by atoms with E-state index < -0.39 is 0 Å². The van der Waals surface area contributed by atoms with Crippen LogP contribution in [-0.4, -0.2) is 56.8 Å². The number of rotatable bonds is 3. The summed E-state index contributed by atoms with van der Waals surface area (Å²) in [6.45, 7) is 4.26. The van der Waals surface area contributed by atoms with Crippen LogP contribution in [0.2, 0.25) is 0 Å². The van der Waals surface area contributed by atoms with Gasteiger partial charge in [-0.15, -0.1) is 0 Å². The molecule has 0 saturated carbocycles. The van der Waals surface area contributed by atoms with Crippen LogP contribution in [0, 0.1) is 0 Å².